The van der Waals surface area contributed by atoms with Crippen LogP contribution >= 0.6 is 23.2 Å². The van der Waals surface area contributed by atoms with Crippen molar-refractivity contribution in [1.29, 1.82) is 5.26 Å². The topological polar surface area (TPSA) is 80.6 Å². The lowest BCUT2D eigenvalue weighted by molar-refractivity contribution is -0.112. The normalized spacial score (nSPS) is 10.7. The Morgan fingerprint density at radius 3 is 2.07 bits per heavy atom. The Bertz CT molecular complexity index is 891. The summed E-state index contributed by atoms with van der Waals surface area (Å²) < 4.78 is 15.8. The zero-order valence-electron chi connectivity index (χ0n) is 14.8. The van der Waals surface area contributed by atoms with Gasteiger partial charge in [0.05, 0.1) is 37.1 Å². The predicted molar refractivity (Wildman–Crippen MR) is 105 cm³/mol. The van der Waals surface area contributed by atoms with Gasteiger partial charge in [-0.15, -0.1) is 0 Å². The maximum absolute atomic E-state index is 12.5. The van der Waals surface area contributed by atoms with Crippen LogP contribution in [0.2, 0.25) is 10.0 Å². The van der Waals surface area contributed by atoms with Crippen LogP contribution in [-0.2, 0) is 4.79 Å². The molecule has 0 heterocycles. The van der Waals surface area contributed by atoms with Crippen LogP contribution in [0.5, 0.6) is 17.2 Å². The molecule has 27 heavy (non-hydrogen) atoms. The van der Waals surface area contributed by atoms with Gasteiger partial charge in [-0.2, -0.15) is 5.26 Å². The molecule has 0 aliphatic rings. The van der Waals surface area contributed by atoms with Crippen LogP contribution in [-0.4, -0.2) is 27.2 Å². The molecule has 1 N–H and O–H groups in total. The first-order valence-electron chi connectivity index (χ1n) is 7.62. The van der Waals surface area contributed by atoms with Crippen molar-refractivity contribution in [2.45, 2.75) is 0 Å². The van der Waals surface area contributed by atoms with E-state index in [1.165, 1.54) is 27.4 Å². The number of hydrogen-bond acceptors (Lipinski definition) is 5. The molecular weight excluding hydrogens is 391 g/mol. The molecule has 0 aliphatic heterocycles. The average molecular weight is 407 g/mol. The largest absolute Gasteiger partial charge is 0.493 e. The number of nitriles is 1. The molecule has 0 aliphatic carbocycles. The fourth-order valence-corrected chi connectivity index (χ4v) is 2.79. The molecule has 0 aromatic heterocycles. The predicted octanol–water partition coefficient (Wildman–Crippen LogP) is 4.56. The van der Waals surface area contributed by atoms with Crippen molar-refractivity contribution in [2.24, 2.45) is 0 Å². The number of nitrogens with zero attached hydrogens (tertiary/aromatic N) is 1. The van der Waals surface area contributed by atoms with Crippen molar-refractivity contribution < 1.29 is 19.0 Å². The molecule has 1 amide bonds. The molecule has 140 valence electrons. The zero-order chi connectivity index (χ0) is 20.0. The third kappa shape index (κ3) is 4.64. The maximum Gasteiger partial charge on any atom is 0.266 e. The Kier molecular flexibility index (Phi) is 6.94. The number of halogens is 2. The second-order valence-corrected chi connectivity index (χ2v) is 5.99. The Morgan fingerprint density at radius 2 is 1.63 bits per heavy atom. The Hall–Kier alpha value is -2.88. The summed E-state index contributed by atoms with van der Waals surface area (Å²) in [6.45, 7) is 0. The minimum Gasteiger partial charge on any atom is -0.493 e. The first-order valence-corrected chi connectivity index (χ1v) is 8.37. The maximum atomic E-state index is 12.5. The number of rotatable bonds is 6. The summed E-state index contributed by atoms with van der Waals surface area (Å²) in [5.74, 6) is 0.550. The van der Waals surface area contributed by atoms with Gasteiger partial charge >= 0.3 is 0 Å². The molecule has 6 nitrogen and oxygen atoms in total. The third-order valence-electron chi connectivity index (χ3n) is 3.56. The highest BCUT2D eigenvalue weighted by Gasteiger charge is 2.16. The van der Waals surface area contributed by atoms with Crippen LogP contribution in [0.1, 0.15) is 5.56 Å². The van der Waals surface area contributed by atoms with E-state index >= 15 is 0 Å². The quantitative estimate of drug-likeness (QED) is 0.561. The van der Waals surface area contributed by atoms with Crippen molar-refractivity contribution in [3.05, 3.63) is 51.5 Å². The lowest BCUT2D eigenvalue weighted by Crippen LogP contribution is -2.14. The molecule has 2 aromatic rings. The number of para-hydroxylation sites is 1. The van der Waals surface area contributed by atoms with E-state index in [0.717, 1.165) is 0 Å². The number of methoxy groups -OCH3 is 3. The van der Waals surface area contributed by atoms with Gasteiger partial charge in [0.25, 0.3) is 5.91 Å². The van der Waals surface area contributed by atoms with Crippen LogP contribution in [0, 0.1) is 11.3 Å². The summed E-state index contributed by atoms with van der Waals surface area (Å²) in [7, 11) is 4.43. The summed E-state index contributed by atoms with van der Waals surface area (Å²) in [5, 5.41) is 12.5. The van der Waals surface area contributed by atoms with E-state index in [9.17, 15) is 10.1 Å². The van der Waals surface area contributed by atoms with Gasteiger partial charge in [0, 0.05) is 0 Å². The van der Waals surface area contributed by atoms with Gasteiger partial charge in [0.15, 0.2) is 11.5 Å². The second kappa shape index (κ2) is 9.17. The summed E-state index contributed by atoms with van der Waals surface area (Å²) in [5.41, 5.74) is 0.596. The third-order valence-corrected chi connectivity index (χ3v) is 4.19. The number of ether oxygens (including phenoxy) is 3. The van der Waals surface area contributed by atoms with E-state index in [1.807, 2.05) is 6.07 Å². The van der Waals surface area contributed by atoms with Crippen molar-refractivity contribution in [3.8, 4) is 23.3 Å². The van der Waals surface area contributed by atoms with E-state index in [2.05, 4.69) is 5.32 Å². The molecule has 2 aromatic carbocycles. The Labute approximate surface area is 166 Å². The highest BCUT2D eigenvalue weighted by Crippen LogP contribution is 2.38. The van der Waals surface area contributed by atoms with Gasteiger partial charge in [0.1, 0.15) is 11.6 Å². The molecule has 0 unspecified atom stereocenters. The van der Waals surface area contributed by atoms with Gasteiger partial charge in [-0.1, -0.05) is 29.3 Å². The van der Waals surface area contributed by atoms with Gasteiger partial charge < -0.3 is 19.5 Å². The molecule has 8 heteroatoms. The van der Waals surface area contributed by atoms with Crippen molar-refractivity contribution in [1.82, 2.24) is 0 Å². The van der Waals surface area contributed by atoms with Crippen LogP contribution < -0.4 is 19.5 Å². The molecule has 2 rings (SSSR count). The molecule has 0 fully saturated rings. The number of amides is 1. The highest BCUT2D eigenvalue weighted by atomic mass is 35.5. The molecule has 0 radical (unpaired) electrons. The number of carbonyl (C=O) groups is 1. The highest BCUT2D eigenvalue weighted by molar-refractivity contribution is 6.40. The molecule has 0 spiro atoms. The first-order chi connectivity index (χ1) is 12.9. The molecule has 0 bridgehead atoms. The first kappa shape index (κ1) is 20.4. The van der Waals surface area contributed by atoms with Gasteiger partial charge in [-0.05, 0) is 35.9 Å². The fourth-order valence-electron chi connectivity index (χ4n) is 2.30. The summed E-state index contributed by atoms with van der Waals surface area (Å²) in [6.07, 6.45) is 1.39. The number of benzene rings is 2. The lowest BCUT2D eigenvalue weighted by atomic mass is 10.1. The average Bonchev–Trinajstić information content (AvgIpc) is 2.67. The van der Waals surface area contributed by atoms with Gasteiger partial charge in [-0.25, -0.2) is 0 Å². The summed E-state index contributed by atoms with van der Waals surface area (Å²) >= 11 is 12.1. The smallest absolute Gasteiger partial charge is 0.266 e. The number of hydrogen-bond donors (Lipinski definition) is 1. The molecule has 0 saturated heterocycles. The van der Waals surface area contributed by atoms with Crippen LogP contribution in [0.25, 0.3) is 6.08 Å². The summed E-state index contributed by atoms with van der Waals surface area (Å²) in [4.78, 5) is 12.5. The minimum absolute atomic E-state index is 0.153. The van der Waals surface area contributed by atoms with E-state index in [4.69, 9.17) is 37.4 Å². The minimum atomic E-state index is -0.652. The van der Waals surface area contributed by atoms with Gasteiger partial charge in [-0.3, -0.25) is 4.79 Å². The molecular formula is C19H16Cl2N2O4. The fraction of sp³-hybridized carbons (Fsp3) is 0.158. The van der Waals surface area contributed by atoms with E-state index in [-0.39, 0.29) is 21.3 Å². The number of nitrogens with one attached hydrogen (secondary N) is 1. The van der Waals surface area contributed by atoms with Crippen molar-refractivity contribution in [3.63, 3.8) is 0 Å². The Morgan fingerprint density at radius 1 is 1.07 bits per heavy atom. The monoisotopic (exact) mass is 406 g/mol. The second-order valence-electron chi connectivity index (χ2n) is 5.18. The van der Waals surface area contributed by atoms with E-state index in [0.29, 0.717) is 22.8 Å². The summed E-state index contributed by atoms with van der Waals surface area (Å²) in [6, 6.07) is 9.91. The van der Waals surface area contributed by atoms with E-state index < -0.39 is 5.91 Å². The lowest BCUT2D eigenvalue weighted by Gasteiger charge is -2.13. The number of anilines is 1. The van der Waals surface area contributed by atoms with Crippen LogP contribution in [0.3, 0.4) is 0 Å². The van der Waals surface area contributed by atoms with Crippen molar-refractivity contribution >= 4 is 40.9 Å². The molecule has 0 atom stereocenters. The SMILES string of the molecule is COc1cc(/C=C(\C#N)C(=O)Nc2c(Cl)cccc2Cl)cc(OC)c1OC. The molecule has 0 saturated carbocycles. The zero-order valence-corrected chi connectivity index (χ0v) is 16.3. The van der Waals surface area contributed by atoms with Crippen LogP contribution in [0.4, 0.5) is 5.69 Å². The van der Waals surface area contributed by atoms with Crippen molar-refractivity contribution in [2.75, 3.05) is 26.6 Å². The Balaban J connectivity index is 2.41. The van der Waals surface area contributed by atoms with Gasteiger partial charge in [0.2, 0.25) is 5.75 Å². The van der Waals surface area contributed by atoms with Crippen LogP contribution in [0.15, 0.2) is 35.9 Å². The van der Waals surface area contributed by atoms with E-state index in [1.54, 1.807) is 30.3 Å². The number of carbonyl (C=O) groups excluding carboxylic acids is 1. The standard InChI is InChI=1S/C19H16Cl2N2O4/c1-25-15-8-11(9-16(26-2)18(15)27-3)7-12(10-22)19(24)23-17-13(20)5-4-6-14(17)21/h4-9H,1-3H3,(H,23,24)/b12-7+.